The molecule has 0 unspecified atom stereocenters. The minimum atomic E-state index is -0.390. The Balaban J connectivity index is 2.00. The molecule has 0 fully saturated rings. The average Bonchev–Trinajstić information content (AvgIpc) is 2.55. The second-order valence-electron chi connectivity index (χ2n) is 4.96. The van der Waals surface area contributed by atoms with Crippen LogP contribution in [0.3, 0.4) is 0 Å². The summed E-state index contributed by atoms with van der Waals surface area (Å²) in [5, 5.41) is 5.42. The van der Waals surface area contributed by atoms with E-state index < -0.39 is 6.03 Å². The lowest BCUT2D eigenvalue weighted by Gasteiger charge is -2.12. The summed E-state index contributed by atoms with van der Waals surface area (Å²) in [7, 11) is 3.06. The van der Waals surface area contributed by atoms with Gasteiger partial charge in [0.05, 0.1) is 19.9 Å². The first-order chi connectivity index (χ1) is 11.0. The number of urea groups is 1. The number of hydrogen-bond acceptors (Lipinski definition) is 3. The van der Waals surface area contributed by atoms with Crippen LogP contribution in [-0.2, 0) is 6.54 Å². The number of methoxy groups -OCH3 is 2. The zero-order valence-electron chi connectivity index (χ0n) is 13.3. The fraction of sp³-hybridized carbons (Fsp3) is 0.235. The van der Waals surface area contributed by atoms with Crippen molar-refractivity contribution in [1.82, 2.24) is 5.32 Å². The molecule has 2 rings (SSSR count). The molecule has 2 aromatic carbocycles. The van der Waals surface area contributed by atoms with E-state index in [0.717, 1.165) is 5.56 Å². The van der Waals surface area contributed by atoms with Gasteiger partial charge in [-0.1, -0.05) is 12.1 Å². The van der Waals surface area contributed by atoms with Gasteiger partial charge in [-0.3, -0.25) is 0 Å². The molecular weight excluding hydrogens is 299 g/mol. The number of amides is 2. The molecule has 0 aliphatic heterocycles. The molecule has 0 saturated carbocycles. The van der Waals surface area contributed by atoms with Crippen LogP contribution >= 0.6 is 0 Å². The first-order valence-electron chi connectivity index (χ1n) is 7.05. The van der Waals surface area contributed by atoms with Gasteiger partial charge in [0, 0.05) is 12.6 Å². The summed E-state index contributed by atoms with van der Waals surface area (Å²) < 4.78 is 23.5. The smallest absolute Gasteiger partial charge is 0.319 e. The van der Waals surface area contributed by atoms with Gasteiger partial charge < -0.3 is 20.1 Å². The summed E-state index contributed by atoms with van der Waals surface area (Å²) >= 11 is 0. The van der Waals surface area contributed by atoms with Gasteiger partial charge in [-0.25, -0.2) is 9.18 Å². The summed E-state index contributed by atoms with van der Waals surface area (Å²) in [5.74, 6) is 0.869. The first kappa shape index (κ1) is 16.6. The normalized spacial score (nSPS) is 10.1. The van der Waals surface area contributed by atoms with Crippen molar-refractivity contribution in [3.05, 3.63) is 53.3 Å². The van der Waals surface area contributed by atoms with Crippen LogP contribution in [0.25, 0.3) is 0 Å². The first-order valence-corrected chi connectivity index (χ1v) is 7.05. The predicted octanol–water partition coefficient (Wildman–Crippen LogP) is 3.47. The predicted molar refractivity (Wildman–Crippen MR) is 86.5 cm³/mol. The summed E-state index contributed by atoms with van der Waals surface area (Å²) in [6.07, 6.45) is 0. The highest BCUT2D eigenvalue weighted by Gasteiger charge is 2.09. The monoisotopic (exact) mass is 318 g/mol. The molecule has 0 aliphatic carbocycles. The van der Waals surface area contributed by atoms with Gasteiger partial charge in [-0.05, 0) is 36.2 Å². The van der Waals surface area contributed by atoms with Crippen LogP contribution in [0.5, 0.6) is 11.5 Å². The minimum absolute atomic E-state index is 0.265. The highest BCUT2D eigenvalue weighted by atomic mass is 19.1. The van der Waals surface area contributed by atoms with Crippen molar-refractivity contribution >= 4 is 11.7 Å². The number of ether oxygens (including phenoxy) is 2. The zero-order chi connectivity index (χ0) is 16.8. The van der Waals surface area contributed by atoms with E-state index in [2.05, 4.69) is 10.6 Å². The molecule has 6 heteroatoms. The molecule has 5 nitrogen and oxygen atoms in total. The Hall–Kier alpha value is -2.76. The zero-order valence-corrected chi connectivity index (χ0v) is 13.3. The second-order valence-corrected chi connectivity index (χ2v) is 4.96. The third kappa shape index (κ3) is 4.35. The average molecular weight is 318 g/mol. The molecule has 0 spiro atoms. The van der Waals surface area contributed by atoms with E-state index in [1.165, 1.54) is 13.2 Å². The van der Waals surface area contributed by atoms with Crippen LogP contribution in [0, 0.1) is 12.7 Å². The summed E-state index contributed by atoms with van der Waals surface area (Å²) in [5.41, 5.74) is 1.86. The van der Waals surface area contributed by atoms with Gasteiger partial charge in [0.2, 0.25) is 0 Å². The number of carbonyl (C=O) groups is 1. The number of rotatable bonds is 5. The van der Waals surface area contributed by atoms with Gasteiger partial charge in [-0.2, -0.15) is 0 Å². The Labute approximate surface area is 134 Å². The number of halogens is 1. The third-order valence-electron chi connectivity index (χ3n) is 3.33. The van der Waals surface area contributed by atoms with Gasteiger partial charge >= 0.3 is 6.03 Å². The van der Waals surface area contributed by atoms with Crippen molar-refractivity contribution in [2.24, 2.45) is 0 Å². The van der Waals surface area contributed by atoms with Crippen molar-refractivity contribution in [2.75, 3.05) is 19.5 Å². The van der Waals surface area contributed by atoms with E-state index in [9.17, 15) is 9.18 Å². The van der Waals surface area contributed by atoms with Crippen molar-refractivity contribution in [3.8, 4) is 11.5 Å². The van der Waals surface area contributed by atoms with E-state index >= 15 is 0 Å². The summed E-state index contributed by atoms with van der Waals surface area (Å²) in [6.45, 7) is 1.97. The van der Waals surface area contributed by atoms with Gasteiger partial charge in [0.15, 0.2) is 0 Å². The Morgan fingerprint density at radius 3 is 2.57 bits per heavy atom. The minimum Gasteiger partial charge on any atom is -0.497 e. The van der Waals surface area contributed by atoms with Crippen LogP contribution in [-0.4, -0.2) is 20.3 Å². The fourth-order valence-corrected chi connectivity index (χ4v) is 2.08. The van der Waals surface area contributed by atoms with Crippen molar-refractivity contribution in [2.45, 2.75) is 13.5 Å². The maximum atomic E-state index is 13.2. The SMILES string of the molecule is COc1ccc(OC)c(NC(=O)NCc2ccc(F)c(C)c2)c1. The van der Waals surface area contributed by atoms with Gasteiger partial charge in [0.25, 0.3) is 0 Å². The lowest BCUT2D eigenvalue weighted by atomic mass is 10.1. The third-order valence-corrected chi connectivity index (χ3v) is 3.33. The van der Waals surface area contributed by atoms with Crippen molar-refractivity contribution < 1.29 is 18.7 Å². The van der Waals surface area contributed by atoms with E-state index in [-0.39, 0.29) is 5.82 Å². The molecule has 0 saturated heterocycles. The molecule has 0 aromatic heterocycles. The molecule has 0 bridgehead atoms. The largest absolute Gasteiger partial charge is 0.497 e. The number of hydrogen-bond donors (Lipinski definition) is 2. The summed E-state index contributed by atoms with van der Waals surface area (Å²) in [6, 6.07) is 9.44. The quantitative estimate of drug-likeness (QED) is 0.887. The number of aryl methyl sites for hydroxylation is 1. The standard InChI is InChI=1S/C17H19FN2O3/c1-11-8-12(4-6-14(11)18)10-19-17(21)20-15-9-13(22-2)5-7-16(15)23-3/h4-9H,10H2,1-3H3,(H2,19,20,21). The number of nitrogens with one attached hydrogen (secondary N) is 2. The van der Waals surface area contributed by atoms with E-state index in [4.69, 9.17) is 9.47 Å². The van der Waals surface area contributed by atoms with E-state index in [1.54, 1.807) is 44.4 Å². The second kappa shape index (κ2) is 7.49. The molecule has 0 heterocycles. The van der Waals surface area contributed by atoms with E-state index in [0.29, 0.717) is 29.3 Å². The molecule has 2 N–H and O–H groups in total. The lowest BCUT2D eigenvalue weighted by molar-refractivity contribution is 0.251. The van der Waals surface area contributed by atoms with Crippen LogP contribution in [0.2, 0.25) is 0 Å². The highest BCUT2D eigenvalue weighted by Crippen LogP contribution is 2.28. The Morgan fingerprint density at radius 2 is 1.91 bits per heavy atom. The molecule has 2 amide bonds. The number of carbonyl (C=O) groups excluding carboxylic acids is 1. The molecule has 0 atom stereocenters. The lowest BCUT2D eigenvalue weighted by Crippen LogP contribution is -2.28. The maximum Gasteiger partial charge on any atom is 0.319 e. The highest BCUT2D eigenvalue weighted by molar-refractivity contribution is 5.91. The molecule has 0 aliphatic rings. The molecular formula is C17H19FN2O3. The Kier molecular flexibility index (Phi) is 5.41. The number of anilines is 1. The summed E-state index contributed by atoms with van der Waals surface area (Å²) in [4.78, 5) is 12.0. The molecule has 0 radical (unpaired) electrons. The fourth-order valence-electron chi connectivity index (χ4n) is 2.08. The van der Waals surface area contributed by atoms with Crippen LogP contribution in [0.1, 0.15) is 11.1 Å². The van der Waals surface area contributed by atoms with Crippen molar-refractivity contribution in [1.29, 1.82) is 0 Å². The molecule has 23 heavy (non-hydrogen) atoms. The van der Waals surface area contributed by atoms with E-state index in [1.807, 2.05) is 0 Å². The van der Waals surface area contributed by atoms with Crippen LogP contribution in [0.15, 0.2) is 36.4 Å². The van der Waals surface area contributed by atoms with Gasteiger partial charge in [0.1, 0.15) is 17.3 Å². The Bertz CT molecular complexity index is 704. The van der Waals surface area contributed by atoms with Gasteiger partial charge in [-0.15, -0.1) is 0 Å². The molecule has 122 valence electrons. The number of benzene rings is 2. The maximum absolute atomic E-state index is 13.2. The van der Waals surface area contributed by atoms with Crippen molar-refractivity contribution in [3.63, 3.8) is 0 Å². The topological polar surface area (TPSA) is 59.6 Å². The Morgan fingerprint density at radius 1 is 1.13 bits per heavy atom. The molecule has 2 aromatic rings. The van der Waals surface area contributed by atoms with Crippen LogP contribution < -0.4 is 20.1 Å². The van der Waals surface area contributed by atoms with Crippen LogP contribution in [0.4, 0.5) is 14.9 Å².